The lowest BCUT2D eigenvalue weighted by Gasteiger charge is -2.25. The molecule has 3 fully saturated rings. The van der Waals surface area contributed by atoms with Crippen LogP contribution < -0.4 is 0 Å². The number of allylic oxidation sites excluding steroid dienone is 1. The van der Waals surface area contributed by atoms with Crippen LogP contribution in [0.25, 0.3) is 0 Å². The molecule has 2 atom stereocenters. The van der Waals surface area contributed by atoms with E-state index in [4.69, 9.17) is 9.47 Å². The van der Waals surface area contributed by atoms with Crippen LogP contribution in [0.15, 0.2) is 52.0 Å². The van der Waals surface area contributed by atoms with Crippen molar-refractivity contribution in [2.45, 2.75) is 31.4 Å². The number of carbonyl (C=O) groups excluding carboxylic acids is 3. The number of amides is 2. The molecule has 5 rings (SSSR count). The molecule has 1 aromatic carbocycles. The second kappa shape index (κ2) is 7.48. The summed E-state index contributed by atoms with van der Waals surface area (Å²) in [6, 6.07) is 4.49. The zero-order valence-electron chi connectivity index (χ0n) is 15.7. The van der Waals surface area contributed by atoms with Crippen LogP contribution in [-0.4, -0.2) is 40.6 Å². The average Bonchev–Trinajstić information content (AvgIpc) is 3.42. The summed E-state index contributed by atoms with van der Waals surface area (Å²) in [5.41, 5.74) is 0.516. The Morgan fingerprint density at radius 1 is 1.30 bits per heavy atom. The second-order valence-corrected chi connectivity index (χ2v) is 8.38. The van der Waals surface area contributed by atoms with Gasteiger partial charge in [0.1, 0.15) is 18.0 Å². The highest BCUT2D eigenvalue weighted by atomic mass is 32.2. The van der Waals surface area contributed by atoms with Crippen LogP contribution in [0.2, 0.25) is 0 Å². The van der Waals surface area contributed by atoms with Gasteiger partial charge in [0.2, 0.25) is 5.90 Å². The number of benzene rings is 1. The largest absolute Gasteiger partial charge is 0.452 e. The number of aliphatic imine (C=N–C) groups is 1. The van der Waals surface area contributed by atoms with E-state index in [1.165, 1.54) is 24.3 Å². The van der Waals surface area contributed by atoms with Crippen molar-refractivity contribution in [1.29, 1.82) is 0 Å². The molecular formula is C21H17FN2O5S. The standard InChI is InChI=1S/C21H17FN2O5S/c22-14-4-2-1-3-13(14)17(18(25)11-5-6-11)24-20(26)16(30-21(24)27)9-12-7-8-15-19(23-12)29-10-28-15/h1-4,7,9,11,15,17H,5-6,8,10H2/b16-9-. The Morgan fingerprint density at radius 3 is 2.87 bits per heavy atom. The summed E-state index contributed by atoms with van der Waals surface area (Å²) < 4.78 is 25.2. The van der Waals surface area contributed by atoms with Crippen molar-refractivity contribution >= 4 is 34.6 Å². The van der Waals surface area contributed by atoms with Gasteiger partial charge in [0.25, 0.3) is 11.1 Å². The predicted octanol–water partition coefficient (Wildman–Crippen LogP) is 3.48. The summed E-state index contributed by atoms with van der Waals surface area (Å²) >= 11 is 0.721. The van der Waals surface area contributed by atoms with Gasteiger partial charge >= 0.3 is 0 Å². The van der Waals surface area contributed by atoms with E-state index in [9.17, 15) is 18.8 Å². The van der Waals surface area contributed by atoms with Crippen LogP contribution in [0.3, 0.4) is 0 Å². The molecule has 3 heterocycles. The third-order valence-corrected chi connectivity index (χ3v) is 6.23. The first kappa shape index (κ1) is 19.2. The third kappa shape index (κ3) is 3.37. The molecule has 1 aliphatic carbocycles. The topological polar surface area (TPSA) is 85.3 Å². The molecular weight excluding hydrogens is 411 g/mol. The molecule has 0 spiro atoms. The molecule has 7 nitrogen and oxygen atoms in total. The molecule has 2 unspecified atom stereocenters. The third-order valence-electron chi connectivity index (χ3n) is 5.34. The van der Waals surface area contributed by atoms with Crippen molar-refractivity contribution in [2.24, 2.45) is 10.9 Å². The van der Waals surface area contributed by atoms with Gasteiger partial charge in [-0.15, -0.1) is 0 Å². The zero-order chi connectivity index (χ0) is 20.8. The lowest BCUT2D eigenvalue weighted by Crippen LogP contribution is -2.38. The van der Waals surface area contributed by atoms with Gasteiger partial charge in [0, 0.05) is 17.9 Å². The first-order valence-electron chi connectivity index (χ1n) is 9.61. The molecule has 3 aliphatic heterocycles. The predicted molar refractivity (Wildman–Crippen MR) is 106 cm³/mol. The highest BCUT2D eigenvalue weighted by molar-refractivity contribution is 8.18. The van der Waals surface area contributed by atoms with E-state index in [2.05, 4.69) is 4.99 Å². The van der Waals surface area contributed by atoms with E-state index in [0.29, 0.717) is 30.9 Å². The van der Waals surface area contributed by atoms with E-state index >= 15 is 0 Å². The lowest BCUT2D eigenvalue weighted by atomic mass is 9.97. The van der Waals surface area contributed by atoms with E-state index in [1.54, 1.807) is 12.1 Å². The van der Waals surface area contributed by atoms with Crippen LogP contribution in [0.4, 0.5) is 9.18 Å². The fourth-order valence-electron chi connectivity index (χ4n) is 3.65. The van der Waals surface area contributed by atoms with Crippen molar-refractivity contribution in [3.8, 4) is 0 Å². The van der Waals surface area contributed by atoms with Gasteiger partial charge in [-0.25, -0.2) is 9.38 Å². The molecule has 154 valence electrons. The van der Waals surface area contributed by atoms with Crippen LogP contribution in [-0.2, 0) is 19.1 Å². The highest BCUT2D eigenvalue weighted by Crippen LogP contribution is 2.43. The summed E-state index contributed by atoms with van der Waals surface area (Å²) in [7, 11) is 0. The number of halogens is 1. The summed E-state index contributed by atoms with van der Waals surface area (Å²) in [5.74, 6) is -1.36. The van der Waals surface area contributed by atoms with E-state index < -0.39 is 23.0 Å². The smallest absolute Gasteiger partial charge is 0.294 e. The highest BCUT2D eigenvalue weighted by Gasteiger charge is 2.47. The number of rotatable bonds is 5. The van der Waals surface area contributed by atoms with Crippen LogP contribution in [0.1, 0.15) is 30.9 Å². The maximum absolute atomic E-state index is 14.5. The van der Waals surface area contributed by atoms with Gasteiger partial charge in [-0.2, -0.15) is 0 Å². The van der Waals surface area contributed by atoms with Gasteiger partial charge in [0.15, 0.2) is 12.6 Å². The number of hydrogen-bond donors (Lipinski definition) is 0. The lowest BCUT2D eigenvalue weighted by molar-refractivity contribution is -0.133. The minimum Gasteiger partial charge on any atom is -0.452 e. The number of nitrogens with zero attached hydrogens (tertiary/aromatic N) is 2. The molecule has 30 heavy (non-hydrogen) atoms. The maximum Gasteiger partial charge on any atom is 0.294 e. The van der Waals surface area contributed by atoms with Gasteiger partial charge in [-0.3, -0.25) is 19.3 Å². The number of Topliss-reactive ketones (excluding diaryl/α,β-unsaturated/α-hetero) is 1. The van der Waals surface area contributed by atoms with Gasteiger partial charge in [0.05, 0.1) is 10.6 Å². The monoisotopic (exact) mass is 428 g/mol. The van der Waals surface area contributed by atoms with Crippen molar-refractivity contribution in [1.82, 2.24) is 4.90 Å². The van der Waals surface area contributed by atoms with E-state index in [1.807, 2.05) is 0 Å². The Morgan fingerprint density at radius 2 is 2.10 bits per heavy atom. The zero-order valence-corrected chi connectivity index (χ0v) is 16.6. The fourth-order valence-corrected chi connectivity index (χ4v) is 4.49. The summed E-state index contributed by atoms with van der Waals surface area (Å²) in [6.07, 6.45) is 4.98. The fraction of sp³-hybridized carbons (Fsp3) is 0.333. The van der Waals surface area contributed by atoms with Gasteiger partial charge in [-0.05, 0) is 36.7 Å². The molecule has 2 saturated heterocycles. The SMILES string of the molecule is O=C(C1CC1)C(c1ccccc1F)N1C(=O)S/C(=C\C2=CCC3OCOC3=N2)C1=O. The first-order valence-corrected chi connectivity index (χ1v) is 10.4. The Hall–Kier alpha value is -2.78. The number of carbonyl (C=O) groups is 3. The number of ether oxygens (including phenoxy) is 2. The molecule has 0 bridgehead atoms. The van der Waals surface area contributed by atoms with E-state index in [0.717, 1.165) is 16.7 Å². The van der Waals surface area contributed by atoms with Crippen LogP contribution >= 0.6 is 11.8 Å². The molecule has 2 amide bonds. The quantitative estimate of drug-likeness (QED) is 0.668. The van der Waals surface area contributed by atoms with Crippen LogP contribution in [0.5, 0.6) is 0 Å². The van der Waals surface area contributed by atoms with Crippen LogP contribution in [0, 0.1) is 11.7 Å². The molecule has 0 radical (unpaired) electrons. The number of thioether (sulfide) groups is 1. The Kier molecular flexibility index (Phi) is 4.79. The van der Waals surface area contributed by atoms with Crippen molar-refractivity contribution in [3.05, 3.63) is 58.4 Å². The molecule has 1 saturated carbocycles. The normalized spacial score (nSPS) is 25.7. The number of imide groups is 1. The Bertz CT molecular complexity index is 1050. The molecule has 9 heteroatoms. The van der Waals surface area contributed by atoms with Gasteiger partial charge < -0.3 is 9.47 Å². The van der Waals surface area contributed by atoms with Gasteiger partial charge in [-0.1, -0.05) is 24.3 Å². The van der Waals surface area contributed by atoms with Crippen molar-refractivity contribution in [3.63, 3.8) is 0 Å². The second-order valence-electron chi connectivity index (χ2n) is 7.38. The van der Waals surface area contributed by atoms with Crippen molar-refractivity contribution < 1.29 is 28.2 Å². The average molecular weight is 428 g/mol. The summed E-state index contributed by atoms with van der Waals surface area (Å²) in [4.78, 5) is 44.1. The van der Waals surface area contributed by atoms with Crippen molar-refractivity contribution in [2.75, 3.05) is 6.79 Å². The Labute approximate surface area is 175 Å². The molecule has 4 aliphatic rings. The summed E-state index contributed by atoms with van der Waals surface area (Å²) in [6.45, 7) is 0.134. The number of ketones is 1. The van der Waals surface area contributed by atoms with E-state index in [-0.39, 0.29) is 35.1 Å². The molecule has 1 aromatic rings. The maximum atomic E-state index is 14.5. The number of fused-ring (bicyclic) bond motifs is 1. The minimum absolute atomic E-state index is 0.0365. The molecule has 0 N–H and O–H groups in total. The summed E-state index contributed by atoms with van der Waals surface area (Å²) in [5, 5.41) is -0.601. The number of hydrogen-bond acceptors (Lipinski definition) is 7. The molecule has 0 aromatic heterocycles. The minimum atomic E-state index is -1.26. The Balaban J connectivity index is 1.47. The first-order chi connectivity index (χ1) is 14.5.